The maximum absolute atomic E-state index is 12.1. The number of nitrogens with one attached hydrogen (secondary N) is 1. The molecule has 1 fully saturated rings. The van der Waals surface area contributed by atoms with Gasteiger partial charge in [0.05, 0.1) is 6.04 Å². The van der Waals surface area contributed by atoms with Crippen LogP contribution < -0.4 is 11.1 Å². The van der Waals surface area contributed by atoms with Gasteiger partial charge in [-0.1, -0.05) is 36.8 Å². The van der Waals surface area contributed by atoms with Crippen LogP contribution in [0.5, 0.6) is 0 Å². The van der Waals surface area contributed by atoms with E-state index in [0.717, 1.165) is 31.7 Å². The second-order valence-electron chi connectivity index (χ2n) is 6.24. The van der Waals surface area contributed by atoms with Gasteiger partial charge in [-0.15, -0.1) is 0 Å². The molecule has 1 amide bonds. The molecule has 4 nitrogen and oxygen atoms in total. The molecule has 3 N–H and O–H groups in total. The molecule has 1 aromatic rings. The third kappa shape index (κ3) is 6.16. The molecular formula is C18H29N3OS. The third-order valence-corrected chi connectivity index (χ3v) is 5.10. The molecule has 2 rings (SSSR count). The molecule has 2 atom stereocenters. The molecule has 23 heavy (non-hydrogen) atoms. The van der Waals surface area contributed by atoms with Crippen molar-refractivity contribution in [3.63, 3.8) is 0 Å². The average Bonchev–Trinajstić information content (AvgIpc) is 2.59. The van der Waals surface area contributed by atoms with E-state index in [-0.39, 0.29) is 11.9 Å². The van der Waals surface area contributed by atoms with Crippen LogP contribution in [0.2, 0.25) is 0 Å². The third-order valence-electron chi connectivity index (χ3n) is 4.46. The number of benzene rings is 1. The minimum absolute atomic E-state index is 0.00992. The van der Waals surface area contributed by atoms with E-state index < -0.39 is 0 Å². The first kappa shape index (κ1) is 18.3. The predicted molar refractivity (Wildman–Crippen MR) is 98.5 cm³/mol. The van der Waals surface area contributed by atoms with Crippen molar-refractivity contribution in [2.75, 3.05) is 25.1 Å². The number of likely N-dealkylation sites (tertiary alicyclic amines) is 1. The predicted octanol–water partition coefficient (Wildman–Crippen LogP) is 2.24. The Bertz CT molecular complexity index is 469. The van der Waals surface area contributed by atoms with Crippen LogP contribution in [0, 0.1) is 0 Å². The summed E-state index contributed by atoms with van der Waals surface area (Å²) < 4.78 is 0. The number of piperidine rings is 1. The van der Waals surface area contributed by atoms with Gasteiger partial charge in [0.2, 0.25) is 5.91 Å². The van der Waals surface area contributed by atoms with Crippen LogP contribution in [0.4, 0.5) is 0 Å². The van der Waals surface area contributed by atoms with Gasteiger partial charge in [0, 0.05) is 19.1 Å². The number of rotatable bonds is 8. The largest absolute Gasteiger partial charge is 0.353 e. The van der Waals surface area contributed by atoms with Crippen LogP contribution >= 0.6 is 11.8 Å². The van der Waals surface area contributed by atoms with Gasteiger partial charge in [-0.25, -0.2) is 0 Å². The van der Waals surface area contributed by atoms with E-state index in [4.69, 9.17) is 5.73 Å². The quantitative estimate of drug-likeness (QED) is 0.765. The number of hydrogen-bond acceptors (Lipinski definition) is 4. The van der Waals surface area contributed by atoms with Crippen LogP contribution in [0.3, 0.4) is 0 Å². The van der Waals surface area contributed by atoms with E-state index in [1.54, 1.807) is 11.8 Å². The van der Waals surface area contributed by atoms with Crippen molar-refractivity contribution in [1.29, 1.82) is 0 Å². The highest BCUT2D eigenvalue weighted by Gasteiger charge is 2.23. The van der Waals surface area contributed by atoms with Crippen LogP contribution in [-0.4, -0.2) is 48.0 Å². The Morgan fingerprint density at radius 2 is 2.17 bits per heavy atom. The highest BCUT2D eigenvalue weighted by Crippen LogP contribution is 2.19. The summed E-state index contributed by atoms with van der Waals surface area (Å²) >= 11 is 1.73. The Morgan fingerprint density at radius 3 is 2.91 bits per heavy atom. The van der Waals surface area contributed by atoms with E-state index >= 15 is 0 Å². The highest BCUT2D eigenvalue weighted by molar-refractivity contribution is 7.98. The van der Waals surface area contributed by atoms with Gasteiger partial charge in [-0.2, -0.15) is 11.8 Å². The van der Waals surface area contributed by atoms with Crippen molar-refractivity contribution in [2.45, 2.75) is 44.3 Å². The topological polar surface area (TPSA) is 58.4 Å². The van der Waals surface area contributed by atoms with E-state index in [1.807, 2.05) is 12.3 Å². The molecule has 1 saturated heterocycles. The fourth-order valence-electron chi connectivity index (χ4n) is 3.04. The number of nitrogens with zero attached hydrogens (tertiary/aromatic N) is 1. The number of nitrogens with two attached hydrogens (primary N) is 1. The van der Waals surface area contributed by atoms with Crippen LogP contribution in [0.25, 0.3) is 0 Å². The average molecular weight is 336 g/mol. The van der Waals surface area contributed by atoms with E-state index in [9.17, 15) is 4.79 Å². The number of amides is 1. The first-order chi connectivity index (χ1) is 11.2. The van der Waals surface area contributed by atoms with Crippen LogP contribution in [0.1, 0.15) is 31.2 Å². The van der Waals surface area contributed by atoms with Gasteiger partial charge in [-0.3, -0.25) is 9.69 Å². The van der Waals surface area contributed by atoms with Crippen molar-refractivity contribution in [3.8, 4) is 0 Å². The molecule has 0 spiro atoms. The van der Waals surface area contributed by atoms with Gasteiger partial charge in [-0.05, 0) is 43.4 Å². The van der Waals surface area contributed by atoms with Crippen molar-refractivity contribution >= 4 is 17.7 Å². The normalized spacial score (nSPS) is 20.2. The van der Waals surface area contributed by atoms with Crippen molar-refractivity contribution < 1.29 is 4.79 Å². The molecular weight excluding hydrogens is 306 g/mol. The van der Waals surface area contributed by atoms with Gasteiger partial charge in [0.1, 0.15) is 0 Å². The second-order valence-corrected chi connectivity index (χ2v) is 7.22. The van der Waals surface area contributed by atoms with Crippen molar-refractivity contribution in [2.24, 2.45) is 5.73 Å². The lowest BCUT2D eigenvalue weighted by molar-refractivity contribution is -0.122. The minimum Gasteiger partial charge on any atom is -0.353 e. The molecule has 0 radical (unpaired) electrons. The Kier molecular flexibility index (Phi) is 7.92. The molecule has 0 aromatic heterocycles. The molecule has 1 aliphatic heterocycles. The Morgan fingerprint density at radius 1 is 1.39 bits per heavy atom. The van der Waals surface area contributed by atoms with Gasteiger partial charge < -0.3 is 11.1 Å². The van der Waals surface area contributed by atoms with E-state index in [0.29, 0.717) is 12.6 Å². The maximum Gasteiger partial charge on any atom is 0.237 e. The zero-order chi connectivity index (χ0) is 16.5. The van der Waals surface area contributed by atoms with Crippen LogP contribution in [0.15, 0.2) is 30.3 Å². The summed E-state index contributed by atoms with van der Waals surface area (Å²) in [5.41, 5.74) is 7.27. The lowest BCUT2D eigenvalue weighted by Crippen LogP contribution is -2.49. The Balaban J connectivity index is 1.82. The summed E-state index contributed by atoms with van der Waals surface area (Å²) in [6, 6.07) is 10.6. The van der Waals surface area contributed by atoms with Gasteiger partial charge >= 0.3 is 0 Å². The molecule has 0 aliphatic carbocycles. The fourth-order valence-corrected chi connectivity index (χ4v) is 3.53. The molecule has 1 unspecified atom stereocenters. The zero-order valence-corrected chi connectivity index (χ0v) is 14.9. The molecule has 1 heterocycles. The SMILES string of the molecule is CSCC[C@H](N)C(=O)NCC1CCCCN1Cc1ccccc1. The monoisotopic (exact) mass is 335 g/mol. The molecule has 0 saturated carbocycles. The highest BCUT2D eigenvalue weighted by atomic mass is 32.2. The summed E-state index contributed by atoms with van der Waals surface area (Å²) in [4.78, 5) is 14.6. The summed E-state index contributed by atoms with van der Waals surface area (Å²) in [5, 5.41) is 3.06. The lowest BCUT2D eigenvalue weighted by Gasteiger charge is -2.36. The van der Waals surface area contributed by atoms with E-state index in [2.05, 4.69) is 34.5 Å². The summed E-state index contributed by atoms with van der Waals surface area (Å²) in [7, 11) is 0. The Hall–Kier alpha value is -1.04. The van der Waals surface area contributed by atoms with Crippen molar-refractivity contribution in [1.82, 2.24) is 10.2 Å². The fraction of sp³-hybridized carbons (Fsp3) is 0.611. The standard InChI is InChI=1S/C18H29N3OS/c1-23-12-10-17(19)18(22)20-13-16-9-5-6-11-21(16)14-15-7-3-2-4-8-15/h2-4,7-8,16-17H,5-6,9-14,19H2,1H3,(H,20,22)/t16?,17-/m0/s1. The maximum atomic E-state index is 12.1. The van der Waals surface area contributed by atoms with Crippen LogP contribution in [-0.2, 0) is 11.3 Å². The molecule has 1 aliphatic rings. The first-order valence-electron chi connectivity index (χ1n) is 8.51. The number of hydrogen-bond donors (Lipinski definition) is 2. The molecule has 1 aromatic carbocycles. The summed E-state index contributed by atoms with van der Waals surface area (Å²) in [5.74, 6) is 0.919. The zero-order valence-electron chi connectivity index (χ0n) is 14.0. The van der Waals surface area contributed by atoms with Crippen molar-refractivity contribution in [3.05, 3.63) is 35.9 Å². The molecule has 0 bridgehead atoms. The van der Waals surface area contributed by atoms with E-state index in [1.165, 1.54) is 18.4 Å². The Labute approximate surface area is 144 Å². The molecule has 128 valence electrons. The molecule has 5 heteroatoms. The summed E-state index contributed by atoms with van der Waals surface area (Å²) in [6.45, 7) is 2.77. The first-order valence-corrected chi connectivity index (χ1v) is 9.90. The van der Waals surface area contributed by atoms with Gasteiger partial charge in [0.25, 0.3) is 0 Å². The number of carbonyl (C=O) groups excluding carboxylic acids is 1. The van der Waals surface area contributed by atoms with Gasteiger partial charge in [0.15, 0.2) is 0 Å². The minimum atomic E-state index is -0.381. The second kappa shape index (κ2) is 9.96. The number of carbonyl (C=O) groups is 1. The smallest absolute Gasteiger partial charge is 0.237 e. The summed E-state index contributed by atoms with van der Waals surface area (Å²) in [6.07, 6.45) is 6.40. The number of thioether (sulfide) groups is 1. The lowest BCUT2D eigenvalue weighted by atomic mass is 10.0.